The first-order valence-electron chi connectivity index (χ1n) is 9.54. The Labute approximate surface area is 167 Å². The van der Waals surface area contributed by atoms with E-state index in [1.54, 1.807) is 23.1 Å². The highest BCUT2D eigenvalue weighted by molar-refractivity contribution is 8.18. The summed E-state index contributed by atoms with van der Waals surface area (Å²) >= 11 is 0.863. The normalized spacial score (nSPS) is 21.2. The summed E-state index contributed by atoms with van der Waals surface area (Å²) in [5.74, 6) is 0.702. The first kappa shape index (κ1) is 18.9. The second-order valence-electron chi connectivity index (χ2n) is 6.97. The zero-order chi connectivity index (χ0) is 19.5. The van der Waals surface area contributed by atoms with E-state index >= 15 is 0 Å². The van der Waals surface area contributed by atoms with Gasteiger partial charge in [0.05, 0.1) is 4.91 Å². The van der Waals surface area contributed by atoms with E-state index in [9.17, 15) is 14.4 Å². The minimum Gasteiger partial charge on any atom is -0.486 e. The number of hydrogen-bond donors (Lipinski definition) is 0. The van der Waals surface area contributed by atoms with E-state index in [4.69, 9.17) is 9.47 Å². The van der Waals surface area contributed by atoms with Crippen molar-refractivity contribution in [1.29, 1.82) is 0 Å². The highest BCUT2D eigenvalue weighted by Gasteiger charge is 2.37. The Balaban J connectivity index is 1.46. The summed E-state index contributed by atoms with van der Waals surface area (Å²) in [6.07, 6.45) is 5.82. The molecule has 0 atom stereocenters. The molecule has 0 N–H and O–H groups in total. The zero-order valence-corrected chi connectivity index (χ0v) is 16.3. The van der Waals surface area contributed by atoms with Crippen LogP contribution >= 0.6 is 11.8 Å². The molecule has 0 unspecified atom stereocenters. The van der Waals surface area contributed by atoms with Gasteiger partial charge in [-0.1, -0.05) is 18.9 Å². The summed E-state index contributed by atoms with van der Waals surface area (Å²) in [4.78, 5) is 40.7. The van der Waals surface area contributed by atoms with Crippen LogP contribution in [0.1, 0.15) is 31.2 Å². The topological polar surface area (TPSA) is 76.1 Å². The van der Waals surface area contributed by atoms with Crippen molar-refractivity contribution in [3.63, 3.8) is 0 Å². The lowest BCUT2D eigenvalue weighted by molar-refractivity contribution is -0.135. The van der Waals surface area contributed by atoms with Crippen LogP contribution < -0.4 is 9.47 Å². The van der Waals surface area contributed by atoms with Crippen molar-refractivity contribution in [1.82, 2.24) is 9.80 Å². The molecule has 28 heavy (non-hydrogen) atoms. The van der Waals surface area contributed by atoms with Gasteiger partial charge in [-0.05, 0) is 48.4 Å². The second-order valence-corrected chi connectivity index (χ2v) is 7.96. The van der Waals surface area contributed by atoms with Crippen molar-refractivity contribution in [2.24, 2.45) is 0 Å². The van der Waals surface area contributed by atoms with E-state index in [2.05, 4.69) is 0 Å². The first-order valence-corrected chi connectivity index (χ1v) is 10.4. The van der Waals surface area contributed by atoms with Crippen LogP contribution in [0.5, 0.6) is 11.5 Å². The summed E-state index contributed by atoms with van der Waals surface area (Å²) in [6.45, 7) is 2.19. The Bertz CT molecular complexity index is 830. The van der Waals surface area contributed by atoms with Gasteiger partial charge < -0.3 is 14.4 Å². The van der Waals surface area contributed by atoms with Crippen molar-refractivity contribution < 1.29 is 23.9 Å². The molecule has 3 amide bonds. The third-order valence-corrected chi connectivity index (χ3v) is 5.90. The van der Waals surface area contributed by atoms with Crippen molar-refractivity contribution >= 4 is 34.9 Å². The number of fused-ring (bicyclic) bond motifs is 1. The van der Waals surface area contributed by atoms with E-state index < -0.39 is 11.1 Å². The fourth-order valence-electron chi connectivity index (χ4n) is 3.49. The Morgan fingerprint density at radius 2 is 1.75 bits per heavy atom. The van der Waals surface area contributed by atoms with Crippen LogP contribution in [0.2, 0.25) is 0 Å². The Morgan fingerprint density at radius 3 is 2.50 bits per heavy atom. The highest BCUT2D eigenvalue weighted by atomic mass is 32.2. The minimum absolute atomic E-state index is 0.162. The number of carbonyl (C=O) groups is 3. The highest BCUT2D eigenvalue weighted by Crippen LogP contribution is 2.35. The monoisotopic (exact) mass is 402 g/mol. The van der Waals surface area contributed by atoms with E-state index in [-0.39, 0.29) is 12.5 Å². The molecule has 2 fully saturated rings. The molecule has 8 heteroatoms. The molecular weight excluding hydrogens is 380 g/mol. The fraction of sp³-hybridized carbons (Fsp3) is 0.450. The van der Waals surface area contributed by atoms with Crippen LogP contribution in [0, 0.1) is 0 Å². The largest absolute Gasteiger partial charge is 0.486 e. The molecule has 4 rings (SSSR count). The average molecular weight is 402 g/mol. The number of likely N-dealkylation sites (tertiary alicyclic amines) is 1. The van der Waals surface area contributed by atoms with Gasteiger partial charge in [0, 0.05) is 13.1 Å². The summed E-state index contributed by atoms with van der Waals surface area (Å²) in [5.41, 5.74) is 0.744. The van der Waals surface area contributed by atoms with Crippen LogP contribution in [0.15, 0.2) is 23.1 Å². The molecule has 1 aromatic carbocycles. The maximum absolute atomic E-state index is 12.7. The lowest BCUT2D eigenvalue weighted by Gasteiger charge is -2.22. The van der Waals surface area contributed by atoms with Gasteiger partial charge in [0.2, 0.25) is 5.91 Å². The second kappa shape index (κ2) is 8.26. The minimum atomic E-state index is -0.423. The van der Waals surface area contributed by atoms with Crippen LogP contribution in [-0.4, -0.2) is 59.7 Å². The third kappa shape index (κ3) is 4.01. The fourth-order valence-corrected chi connectivity index (χ4v) is 4.33. The summed E-state index contributed by atoms with van der Waals surface area (Å²) in [5, 5.41) is -0.406. The lowest BCUT2D eigenvalue weighted by atomic mass is 10.1. The van der Waals surface area contributed by atoms with Crippen LogP contribution in [0.3, 0.4) is 0 Å². The van der Waals surface area contributed by atoms with Gasteiger partial charge in [-0.2, -0.15) is 0 Å². The van der Waals surface area contributed by atoms with E-state index in [1.165, 1.54) is 0 Å². The maximum atomic E-state index is 12.7. The molecule has 3 aliphatic heterocycles. The van der Waals surface area contributed by atoms with Gasteiger partial charge in [-0.25, -0.2) is 0 Å². The van der Waals surface area contributed by atoms with E-state index in [1.807, 2.05) is 6.07 Å². The van der Waals surface area contributed by atoms with Crippen molar-refractivity contribution in [2.45, 2.75) is 25.7 Å². The summed E-state index contributed by atoms with van der Waals surface area (Å²) < 4.78 is 11.0. The smallest absolute Gasteiger partial charge is 0.294 e. The number of benzene rings is 1. The van der Waals surface area contributed by atoms with Crippen molar-refractivity contribution in [2.75, 3.05) is 32.8 Å². The van der Waals surface area contributed by atoms with Gasteiger partial charge in [-0.15, -0.1) is 0 Å². The Kier molecular flexibility index (Phi) is 5.57. The Morgan fingerprint density at radius 1 is 1.04 bits per heavy atom. The van der Waals surface area contributed by atoms with Crippen molar-refractivity contribution in [3.8, 4) is 11.5 Å². The molecule has 3 heterocycles. The maximum Gasteiger partial charge on any atom is 0.294 e. The molecule has 3 aliphatic rings. The standard InChI is InChI=1S/C20H22N2O5S/c23-18(21-7-3-1-2-4-8-21)13-22-19(24)17(28-20(22)25)12-14-5-6-15-16(11-14)27-10-9-26-15/h5-6,11-12H,1-4,7-10,13H2. The molecule has 0 saturated carbocycles. The predicted molar refractivity (Wildman–Crippen MR) is 105 cm³/mol. The number of imide groups is 1. The van der Waals surface area contributed by atoms with E-state index in [0.717, 1.165) is 47.9 Å². The number of hydrogen-bond acceptors (Lipinski definition) is 6. The summed E-state index contributed by atoms with van der Waals surface area (Å²) in [7, 11) is 0. The molecular formula is C20H22N2O5S. The molecule has 0 aromatic heterocycles. The quantitative estimate of drug-likeness (QED) is 0.724. The lowest BCUT2D eigenvalue weighted by Crippen LogP contribution is -2.42. The number of nitrogens with zero attached hydrogens (tertiary/aromatic N) is 2. The van der Waals surface area contributed by atoms with Gasteiger partial charge in [0.25, 0.3) is 11.1 Å². The molecule has 0 aliphatic carbocycles. The molecule has 1 aromatic rings. The number of amides is 3. The van der Waals surface area contributed by atoms with Gasteiger partial charge in [0.15, 0.2) is 11.5 Å². The molecule has 0 radical (unpaired) electrons. The summed E-state index contributed by atoms with van der Waals surface area (Å²) in [6, 6.07) is 5.38. The third-order valence-electron chi connectivity index (χ3n) is 4.99. The molecule has 0 bridgehead atoms. The molecule has 0 spiro atoms. The zero-order valence-electron chi connectivity index (χ0n) is 15.5. The predicted octanol–water partition coefficient (Wildman–Crippen LogP) is 2.90. The van der Waals surface area contributed by atoms with Crippen LogP contribution in [0.25, 0.3) is 6.08 Å². The van der Waals surface area contributed by atoms with Crippen molar-refractivity contribution in [3.05, 3.63) is 28.7 Å². The van der Waals surface area contributed by atoms with Crippen LogP contribution in [0.4, 0.5) is 4.79 Å². The number of rotatable bonds is 3. The number of thioether (sulfide) groups is 1. The van der Waals surface area contributed by atoms with Gasteiger partial charge >= 0.3 is 0 Å². The van der Waals surface area contributed by atoms with E-state index in [0.29, 0.717) is 42.7 Å². The SMILES string of the molecule is O=C(CN1C(=O)SC(=Cc2ccc3c(c2)OCCO3)C1=O)N1CCCCCC1. The van der Waals surface area contributed by atoms with Crippen LogP contribution in [-0.2, 0) is 9.59 Å². The Hall–Kier alpha value is -2.48. The van der Waals surface area contributed by atoms with Gasteiger partial charge in [0.1, 0.15) is 19.8 Å². The molecule has 148 valence electrons. The average Bonchev–Trinajstić information content (AvgIpc) is 2.90. The molecule has 2 saturated heterocycles. The van der Waals surface area contributed by atoms with Gasteiger partial charge in [-0.3, -0.25) is 19.3 Å². The first-order chi connectivity index (χ1) is 13.6. The molecule has 7 nitrogen and oxygen atoms in total. The number of ether oxygens (including phenoxy) is 2. The number of carbonyl (C=O) groups excluding carboxylic acids is 3.